The second kappa shape index (κ2) is 5.66. The molecule has 1 aromatic rings. The molecule has 0 fully saturated rings. The lowest BCUT2D eigenvalue weighted by molar-refractivity contribution is 0.596. The van der Waals surface area contributed by atoms with Gasteiger partial charge in [-0.15, -0.1) is 11.6 Å². The van der Waals surface area contributed by atoms with Gasteiger partial charge >= 0.3 is 0 Å². The van der Waals surface area contributed by atoms with Crippen LogP contribution in [0.4, 0.5) is 0 Å². The first-order valence-corrected chi connectivity index (χ1v) is 7.18. The van der Waals surface area contributed by atoms with Gasteiger partial charge in [0.15, 0.2) is 0 Å². The summed E-state index contributed by atoms with van der Waals surface area (Å²) < 4.78 is 22.7. The zero-order valence-electron chi connectivity index (χ0n) is 9.19. The van der Waals surface area contributed by atoms with Crippen molar-refractivity contribution < 1.29 is 8.42 Å². The fourth-order valence-electron chi connectivity index (χ4n) is 1.60. The summed E-state index contributed by atoms with van der Waals surface area (Å²) in [5.41, 5.74) is 0.693. The molecule has 0 spiro atoms. The number of hydrogen-bond donors (Lipinski definition) is 1. The van der Waals surface area contributed by atoms with Crippen molar-refractivity contribution in [3.8, 4) is 0 Å². The molecule has 16 heavy (non-hydrogen) atoms. The summed E-state index contributed by atoms with van der Waals surface area (Å²) >= 11 is 6.10. The van der Waals surface area contributed by atoms with Crippen molar-refractivity contribution in [1.29, 1.82) is 0 Å². The molecule has 0 aliphatic rings. The Bertz CT molecular complexity index is 445. The van der Waals surface area contributed by atoms with Gasteiger partial charge in [-0.25, -0.2) is 13.6 Å². The molecule has 0 bridgehead atoms. The molecular weight excluding hydrogens is 246 g/mol. The Balaban J connectivity index is 2.96. The van der Waals surface area contributed by atoms with Gasteiger partial charge in [0.1, 0.15) is 0 Å². The Morgan fingerprint density at radius 1 is 1.38 bits per heavy atom. The number of rotatable bonds is 5. The summed E-state index contributed by atoms with van der Waals surface area (Å²) in [6.07, 6.45) is 2.37. The molecule has 0 aliphatic heterocycles. The minimum absolute atomic E-state index is 0.0482. The van der Waals surface area contributed by atoms with E-state index in [9.17, 15) is 8.42 Å². The molecular formula is C11H16ClNO2S. The van der Waals surface area contributed by atoms with Gasteiger partial charge in [-0.3, -0.25) is 0 Å². The smallest absolute Gasteiger partial charge is 0.225 e. The third-order valence-electron chi connectivity index (χ3n) is 2.32. The highest BCUT2D eigenvalue weighted by Crippen LogP contribution is 2.19. The van der Waals surface area contributed by atoms with E-state index >= 15 is 0 Å². The van der Waals surface area contributed by atoms with Gasteiger partial charge in [-0.05, 0) is 24.5 Å². The van der Waals surface area contributed by atoms with E-state index in [0.717, 1.165) is 12.8 Å². The molecule has 0 heterocycles. The molecule has 1 atom stereocenters. The lowest BCUT2D eigenvalue weighted by atomic mass is 10.1. The molecule has 2 N–H and O–H groups in total. The summed E-state index contributed by atoms with van der Waals surface area (Å²) in [5, 5.41) is 5.09. The Morgan fingerprint density at radius 2 is 2.00 bits per heavy atom. The largest absolute Gasteiger partial charge is 0.238 e. The minimum atomic E-state index is -3.65. The van der Waals surface area contributed by atoms with Crippen molar-refractivity contribution in [2.45, 2.75) is 36.5 Å². The van der Waals surface area contributed by atoms with Gasteiger partial charge in [0.25, 0.3) is 0 Å². The Hall–Kier alpha value is -0.580. The summed E-state index contributed by atoms with van der Waals surface area (Å²) in [7, 11) is -3.65. The number of sulfonamides is 1. The zero-order valence-corrected chi connectivity index (χ0v) is 10.8. The van der Waals surface area contributed by atoms with Crippen LogP contribution in [0.25, 0.3) is 0 Å². The topological polar surface area (TPSA) is 60.2 Å². The Kier molecular flexibility index (Phi) is 4.77. The third kappa shape index (κ3) is 3.77. The molecule has 0 saturated heterocycles. The first-order chi connectivity index (χ1) is 7.45. The van der Waals surface area contributed by atoms with Crippen molar-refractivity contribution in [3.05, 3.63) is 29.8 Å². The SMILES string of the molecule is CCCC(Cl)Cc1ccccc1S(N)(=O)=O. The monoisotopic (exact) mass is 261 g/mol. The third-order valence-corrected chi connectivity index (χ3v) is 3.71. The van der Waals surface area contributed by atoms with Gasteiger partial charge in [-0.1, -0.05) is 31.5 Å². The van der Waals surface area contributed by atoms with Crippen molar-refractivity contribution in [3.63, 3.8) is 0 Å². The highest BCUT2D eigenvalue weighted by atomic mass is 35.5. The van der Waals surface area contributed by atoms with Crippen LogP contribution in [0.3, 0.4) is 0 Å². The van der Waals surface area contributed by atoms with E-state index in [1.54, 1.807) is 18.2 Å². The molecule has 5 heteroatoms. The maximum Gasteiger partial charge on any atom is 0.238 e. The van der Waals surface area contributed by atoms with Crippen LogP contribution in [0.15, 0.2) is 29.2 Å². The van der Waals surface area contributed by atoms with E-state index in [2.05, 4.69) is 0 Å². The molecule has 0 radical (unpaired) electrons. The van der Waals surface area contributed by atoms with Gasteiger partial charge in [0.05, 0.1) is 4.90 Å². The fourth-order valence-corrected chi connectivity index (χ4v) is 2.77. The lowest BCUT2D eigenvalue weighted by Gasteiger charge is -2.11. The van der Waals surface area contributed by atoms with Crippen LogP contribution < -0.4 is 5.14 Å². The van der Waals surface area contributed by atoms with Gasteiger partial charge in [0, 0.05) is 5.38 Å². The number of benzene rings is 1. The summed E-state index contributed by atoms with van der Waals surface area (Å²) in [6.45, 7) is 2.04. The first-order valence-electron chi connectivity index (χ1n) is 5.20. The highest BCUT2D eigenvalue weighted by Gasteiger charge is 2.15. The van der Waals surface area contributed by atoms with Crippen molar-refractivity contribution in [2.24, 2.45) is 5.14 Å². The van der Waals surface area contributed by atoms with Crippen LogP contribution in [0.1, 0.15) is 25.3 Å². The normalized spacial score (nSPS) is 13.7. The van der Waals surface area contributed by atoms with E-state index < -0.39 is 10.0 Å². The van der Waals surface area contributed by atoms with Crippen LogP contribution in [-0.2, 0) is 16.4 Å². The zero-order chi connectivity index (χ0) is 12.2. The number of alkyl halides is 1. The van der Waals surface area contributed by atoms with Crippen molar-refractivity contribution >= 4 is 21.6 Å². The molecule has 1 aromatic carbocycles. The number of nitrogens with two attached hydrogens (primary N) is 1. The molecule has 1 rings (SSSR count). The molecule has 0 amide bonds. The molecule has 0 aromatic heterocycles. The van der Waals surface area contributed by atoms with Gasteiger partial charge in [-0.2, -0.15) is 0 Å². The average molecular weight is 262 g/mol. The molecule has 90 valence electrons. The maximum atomic E-state index is 11.3. The van der Waals surface area contributed by atoms with Crippen LogP contribution in [0.2, 0.25) is 0 Å². The molecule has 3 nitrogen and oxygen atoms in total. The Morgan fingerprint density at radius 3 is 2.56 bits per heavy atom. The number of halogens is 1. The second-order valence-corrected chi connectivity index (χ2v) is 5.89. The highest BCUT2D eigenvalue weighted by molar-refractivity contribution is 7.89. The average Bonchev–Trinajstić information content (AvgIpc) is 2.17. The van der Waals surface area contributed by atoms with E-state index in [1.807, 2.05) is 6.92 Å². The predicted molar refractivity (Wildman–Crippen MR) is 66.1 cm³/mol. The first kappa shape index (κ1) is 13.5. The predicted octanol–water partition coefficient (Wildman–Crippen LogP) is 2.28. The van der Waals surface area contributed by atoms with Crippen LogP contribution in [0, 0.1) is 0 Å². The minimum Gasteiger partial charge on any atom is -0.225 e. The van der Waals surface area contributed by atoms with Gasteiger partial charge < -0.3 is 0 Å². The van der Waals surface area contributed by atoms with Gasteiger partial charge in [0.2, 0.25) is 10.0 Å². The van der Waals surface area contributed by atoms with E-state index in [-0.39, 0.29) is 10.3 Å². The summed E-state index contributed by atoms with van der Waals surface area (Å²) in [6, 6.07) is 6.72. The quantitative estimate of drug-likeness (QED) is 0.827. The van der Waals surface area contributed by atoms with E-state index in [4.69, 9.17) is 16.7 Å². The standard InChI is InChI=1S/C11H16ClNO2S/c1-2-5-10(12)8-9-6-3-4-7-11(9)16(13,14)15/h3-4,6-7,10H,2,5,8H2,1H3,(H2,13,14,15). The lowest BCUT2D eigenvalue weighted by Crippen LogP contribution is -2.16. The van der Waals surface area contributed by atoms with Crippen LogP contribution >= 0.6 is 11.6 Å². The van der Waals surface area contributed by atoms with Crippen molar-refractivity contribution in [2.75, 3.05) is 0 Å². The van der Waals surface area contributed by atoms with E-state index in [0.29, 0.717) is 12.0 Å². The molecule has 0 saturated carbocycles. The maximum absolute atomic E-state index is 11.3. The molecule has 1 unspecified atom stereocenters. The van der Waals surface area contributed by atoms with Crippen LogP contribution in [0.5, 0.6) is 0 Å². The second-order valence-electron chi connectivity index (χ2n) is 3.74. The Labute approximate surface area is 102 Å². The number of hydrogen-bond acceptors (Lipinski definition) is 2. The van der Waals surface area contributed by atoms with Crippen LogP contribution in [-0.4, -0.2) is 13.8 Å². The molecule has 0 aliphatic carbocycles. The summed E-state index contributed by atoms with van der Waals surface area (Å²) in [5.74, 6) is 0. The number of primary sulfonamides is 1. The summed E-state index contributed by atoms with van der Waals surface area (Å²) in [4.78, 5) is 0.178. The fraction of sp³-hybridized carbons (Fsp3) is 0.455. The van der Waals surface area contributed by atoms with E-state index in [1.165, 1.54) is 6.07 Å². The van der Waals surface area contributed by atoms with Crippen molar-refractivity contribution in [1.82, 2.24) is 0 Å².